The number of rotatable bonds is 5. The second-order valence-corrected chi connectivity index (χ2v) is 4.49. The van der Waals surface area contributed by atoms with Crippen LogP contribution in [0.2, 0.25) is 0 Å². The molecule has 86 valence electrons. The Bertz CT molecular complexity index is 238. The van der Waals surface area contributed by atoms with Crippen LogP contribution in [0.15, 0.2) is 0 Å². The molecule has 1 fully saturated rings. The highest BCUT2D eigenvalue weighted by Crippen LogP contribution is 2.21. The third kappa shape index (κ3) is 4.02. The van der Waals surface area contributed by atoms with Crippen LogP contribution in [0.3, 0.4) is 0 Å². The SMILES string of the molecule is CCCC1CCN(C(=O)CCC(C)=O)C1. The second kappa shape index (κ2) is 5.89. The van der Waals surface area contributed by atoms with E-state index in [0.29, 0.717) is 18.8 Å². The van der Waals surface area contributed by atoms with Gasteiger partial charge in [0.05, 0.1) is 0 Å². The molecule has 1 aliphatic heterocycles. The van der Waals surface area contributed by atoms with Gasteiger partial charge in [-0.05, 0) is 25.7 Å². The minimum atomic E-state index is 0.104. The van der Waals surface area contributed by atoms with E-state index in [1.165, 1.54) is 19.8 Å². The van der Waals surface area contributed by atoms with Gasteiger partial charge in [0.1, 0.15) is 5.78 Å². The average molecular weight is 211 g/mol. The topological polar surface area (TPSA) is 37.4 Å². The minimum absolute atomic E-state index is 0.104. The van der Waals surface area contributed by atoms with Gasteiger partial charge in [-0.25, -0.2) is 0 Å². The lowest BCUT2D eigenvalue weighted by molar-refractivity contribution is -0.132. The summed E-state index contributed by atoms with van der Waals surface area (Å²) in [6.07, 6.45) is 4.35. The van der Waals surface area contributed by atoms with Crippen LogP contribution in [0, 0.1) is 5.92 Å². The molecule has 0 spiro atoms. The van der Waals surface area contributed by atoms with Gasteiger partial charge in [0.2, 0.25) is 5.91 Å². The molecule has 1 aliphatic rings. The van der Waals surface area contributed by atoms with E-state index in [0.717, 1.165) is 19.5 Å². The zero-order valence-corrected chi connectivity index (χ0v) is 9.79. The van der Waals surface area contributed by atoms with Crippen LogP contribution in [-0.2, 0) is 9.59 Å². The molecule has 1 amide bonds. The average Bonchev–Trinajstić information content (AvgIpc) is 2.63. The maximum Gasteiger partial charge on any atom is 0.223 e. The predicted octanol–water partition coefficient (Wildman–Crippen LogP) is 2.00. The van der Waals surface area contributed by atoms with E-state index in [1.807, 2.05) is 4.90 Å². The lowest BCUT2D eigenvalue weighted by Gasteiger charge is -2.15. The highest BCUT2D eigenvalue weighted by molar-refractivity contribution is 5.83. The quantitative estimate of drug-likeness (QED) is 0.697. The highest BCUT2D eigenvalue weighted by atomic mass is 16.2. The summed E-state index contributed by atoms with van der Waals surface area (Å²) >= 11 is 0. The molecule has 3 heteroatoms. The lowest BCUT2D eigenvalue weighted by Crippen LogP contribution is -2.28. The van der Waals surface area contributed by atoms with Crippen molar-refractivity contribution >= 4 is 11.7 Å². The normalized spacial score (nSPS) is 20.7. The fraction of sp³-hybridized carbons (Fsp3) is 0.833. The first-order valence-electron chi connectivity index (χ1n) is 5.90. The summed E-state index contributed by atoms with van der Waals surface area (Å²) in [7, 11) is 0. The molecule has 1 atom stereocenters. The van der Waals surface area contributed by atoms with Crippen molar-refractivity contribution < 1.29 is 9.59 Å². The molecular formula is C12H21NO2. The number of Topliss-reactive ketones (excluding diaryl/α,β-unsaturated/α-hetero) is 1. The Hall–Kier alpha value is -0.860. The van der Waals surface area contributed by atoms with Gasteiger partial charge >= 0.3 is 0 Å². The third-order valence-electron chi connectivity index (χ3n) is 3.03. The number of hydrogen-bond donors (Lipinski definition) is 0. The van der Waals surface area contributed by atoms with Gasteiger partial charge in [0.25, 0.3) is 0 Å². The molecule has 1 rings (SSSR count). The van der Waals surface area contributed by atoms with Crippen molar-refractivity contribution in [3.8, 4) is 0 Å². The van der Waals surface area contributed by atoms with Gasteiger partial charge in [-0.1, -0.05) is 13.3 Å². The fourth-order valence-corrected chi connectivity index (χ4v) is 2.14. The zero-order chi connectivity index (χ0) is 11.3. The largest absolute Gasteiger partial charge is 0.342 e. The first kappa shape index (κ1) is 12.2. The van der Waals surface area contributed by atoms with E-state index < -0.39 is 0 Å². The van der Waals surface area contributed by atoms with E-state index in [-0.39, 0.29) is 11.7 Å². The number of nitrogens with zero attached hydrogens (tertiary/aromatic N) is 1. The van der Waals surface area contributed by atoms with Gasteiger partial charge in [0, 0.05) is 25.9 Å². The molecule has 1 heterocycles. The third-order valence-corrected chi connectivity index (χ3v) is 3.03. The summed E-state index contributed by atoms with van der Waals surface area (Å²) in [5.41, 5.74) is 0. The molecule has 0 aromatic carbocycles. The van der Waals surface area contributed by atoms with Crippen LogP contribution in [0.1, 0.15) is 46.0 Å². The van der Waals surface area contributed by atoms with Crippen molar-refractivity contribution in [2.24, 2.45) is 5.92 Å². The van der Waals surface area contributed by atoms with E-state index in [4.69, 9.17) is 0 Å². The van der Waals surface area contributed by atoms with Crippen molar-refractivity contribution in [1.29, 1.82) is 0 Å². The Labute approximate surface area is 91.8 Å². The highest BCUT2D eigenvalue weighted by Gasteiger charge is 2.25. The molecule has 0 aliphatic carbocycles. The summed E-state index contributed by atoms with van der Waals surface area (Å²) in [5.74, 6) is 0.952. The molecule has 0 N–H and O–H groups in total. The maximum atomic E-state index is 11.7. The van der Waals surface area contributed by atoms with Crippen molar-refractivity contribution in [1.82, 2.24) is 4.90 Å². The Morgan fingerprint density at radius 3 is 2.67 bits per heavy atom. The predicted molar refractivity (Wildman–Crippen MR) is 59.5 cm³/mol. The Morgan fingerprint density at radius 2 is 2.07 bits per heavy atom. The second-order valence-electron chi connectivity index (χ2n) is 4.49. The number of likely N-dealkylation sites (tertiary alicyclic amines) is 1. The summed E-state index contributed by atoms with van der Waals surface area (Å²) in [4.78, 5) is 24.4. The summed E-state index contributed by atoms with van der Waals surface area (Å²) in [5, 5.41) is 0. The number of carbonyl (C=O) groups excluding carboxylic acids is 2. The summed E-state index contributed by atoms with van der Waals surface area (Å²) in [6, 6.07) is 0. The first-order chi connectivity index (χ1) is 7.13. The monoisotopic (exact) mass is 211 g/mol. The van der Waals surface area contributed by atoms with Crippen molar-refractivity contribution in [2.75, 3.05) is 13.1 Å². The van der Waals surface area contributed by atoms with Gasteiger partial charge in [-0.15, -0.1) is 0 Å². The molecule has 0 radical (unpaired) electrons. The number of ketones is 1. The minimum Gasteiger partial charge on any atom is -0.342 e. The maximum absolute atomic E-state index is 11.7. The van der Waals surface area contributed by atoms with Crippen LogP contribution in [0.4, 0.5) is 0 Å². The fourth-order valence-electron chi connectivity index (χ4n) is 2.14. The smallest absolute Gasteiger partial charge is 0.223 e. The standard InChI is InChI=1S/C12H21NO2/c1-3-4-11-7-8-13(9-11)12(15)6-5-10(2)14/h11H,3-9H2,1-2H3. The zero-order valence-electron chi connectivity index (χ0n) is 9.79. The number of hydrogen-bond acceptors (Lipinski definition) is 2. The molecule has 15 heavy (non-hydrogen) atoms. The molecule has 1 saturated heterocycles. The summed E-state index contributed by atoms with van der Waals surface area (Å²) < 4.78 is 0. The van der Waals surface area contributed by atoms with Crippen molar-refractivity contribution in [2.45, 2.75) is 46.0 Å². The number of carbonyl (C=O) groups is 2. The Morgan fingerprint density at radius 1 is 1.33 bits per heavy atom. The molecule has 0 aromatic rings. The van der Waals surface area contributed by atoms with Gasteiger partial charge in [-0.3, -0.25) is 4.79 Å². The Kier molecular flexibility index (Phi) is 4.79. The molecular weight excluding hydrogens is 190 g/mol. The van der Waals surface area contributed by atoms with Gasteiger partial charge in [-0.2, -0.15) is 0 Å². The van der Waals surface area contributed by atoms with Crippen LogP contribution < -0.4 is 0 Å². The number of amides is 1. The van der Waals surface area contributed by atoms with Crippen LogP contribution >= 0.6 is 0 Å². The molecule has 1 unspecified atom stereocenters. The summed E-state index contributed by atoms with van der Waals surface area (Å²) in [6.45, 7) is 5.52. The molecule has 0 bridgehead atoms. The van der Waals surface area contributed by atoms with Crippen LogP contribution in [0.5, 0.6) is 0 Å². The molecule has 0 saturated carbocycles. The van der Waals surface area contributed by atoms with Crippen molar-refractivity contribution in [3.05, 3.63) is 0 Å². The lowest BCUT2D eigenvalue weighted by atomic mass is 10.0. The van der Waals surface area contributed by atoms with Crippen LogP contribution in [-0.4, -0.2) is 29.7 Å². The van der Waals surface area contributed by atoms with Gasteiger partial charge in [0.15, 0.2) is 0 Å². The molecule has 0 aromatic heterocycles. The van der Waals surface area contributed by atoms with Gasteiger partial charge < -0.3 is 9.69 Å². The van der Waals surface area contributed by atoms with Crippen molar-refractivity contribution in [3.63, 3.8) is 0 Å². The molecule has 3 nitrogen and oxygen atoms in total. The van der Waals surface area contributed by atoms with E-state index in [1.54, 1.807) is 0 Å². The van der Waals surface area contributed by atoms with E-state index in [2.05, 4.69) is 6.92 Å². The van der Waals surface area contributed by atoms with Crippen LogP contribution in [0.25, 0.3) is 0 Å². The first-order valence-corrected chi connectivity index (χ1v) is 5.90. The Balaban J connectivity index is 2.27. The van der Waals surface area contributed by atoms with E-state index >= 15 is 0 Å². The van der Waals surface area contributed by atoms with E-state index in [9.17, 15) is 9.59 Å².